The van der Waals surface area contributed by atoms with Crippen LogP contribution in [0.1, 0.15) is 40.1 Å². The highest BCUT2D eigenvalue weighted by Gasteiger charge is 2.22. The number of hydrogen-bond acceptors (Lipinski definition) is 4. The predicted molar refractivity (Wildman–Crippen MR) is 108 cm³/mol. The molecular weight excluding hydrogens is 352 g/mol. The minimum atomic E-state index is -0.898. The SMILES string of the molecule is CCc1ccc(C(=O)C(C)OC(=O)c2ccccc2Oc2ccccc2)cc1. The van der Waals surface area contributed by atoms with Gasteiger partial charge in [0.05, 0.1) is 0 Å². The maximum absolute atomic E-state index is 12.6. The summed E-state index contributed by atoms with van der Waals surface area (Å²) in [5.41, 5.74) is 1.94. The lowest BCUT2D eigenvalue weighted by molar-refractivity contribution is 0.0316. The molecule has 142 valence electrons. The standard InChI is InChI=1S/C24H22O4/c1-3-18-13-15-19(16-14-18)23(25)17(2)27-24(26)21-11-7-8-12-22(21)28-20-9-5-4-6-10-20/h4-17H,3H2,1-2H3. The lowest BCUT2D eigenvalue weighted by Gasteiger charge is -2.15. The average Bonchev–Trinajstić information content (AvgIpc) is 2.74. The molecule has 3 aromatic rings. The molecule has 0 N–H and O–H groups in total. The van der Waals surface area contributed by atoms with Crippen LogP contribution in [0.15, 0.2) is 78.9 Å². The van der Waals surface area contributed by atoms with Crippen molar-refractivity contribution in [3.05, 3.63) is 95.6 Å². The number of hydrogen-bond donors (Lipinski definition) is 0. The molecular formula is C24H22O4. The van der Waals surface area contributed by atoms with Crippen LogP contribution in [0.4, 0.5) is 0 Å². The summed E-state index contributed by atoms with van der Waals surface area (Å²) in [7, 11) is 0. The Balaban J connectivity index is 1.72. The van der Waals surface area contributed by atoms with Crippen LogP contribution in [-0.2, 0) is 11.2 Å². The molecule has 28 heavy (non-hydrogen) atoms. The predicted octanol–water partition coefficient (Wildman–Crippen LogP) is 5.47. The summed E-state index contributed by atoms with van der Waals surface area (Å²) < 4.78 is 11.2. The number of benzene rings is 3. The van der Waals surface area contributed by atoms with Crippen LogP contribution in [0, 0.1) is 0 Å². The molecule has 4 heteroatoms. The van der Waals surface area contributed by atoms with Crippen LogP contribution in [0.5, 0.6) is 11.5 Å². The molecule has 1 atom stereocenters. The minimum absolute atomic E-state index is 0.238. The van der Waals surface area contributed by atoms with Gasteiger partial charge >= 0.3 is 5.97 Å². The van der Waals surface area contributed by atoms with Crippen molar-refractivity contribution >= 4 is 11.8 Å². The highest BCUT2D eigenvalue weighted by Crippen LogP contribution is 2.26. The third-order valence-corrected chi connectivity index (χ3v) is 4.38. The van der Waals surface area contributed by atoms with Crippen LogP contribution in [-0.4, -0.2) is 17.9 Å². The number of rotatable bonds is 7. The lowest BCUT2D eigenvalue weighted by Crippen LogP contribution is -2.24. The molecule has 3 rings (SSSR count). The molecule has 0 saturated heterocycles. The quantitative estimate of drug-likeness (QED) is 0.406. The minimum Gasteiger partial charge on any atom is -0.456 e. The summed E-state index contributed by atoms with van der Waals surface area (Å²) in [5, 5.41) is 0. The fourth-order valence-corrected chi connectivity index (χ4v) is 2.76. The Labute approximate surface area is 164 Å². The number of esters is 1. The van der Waals surface area contributed by atoms with E-state index in [2.05, 4.69) is 6.92 Å². The molecule has 0 aliphatic rings. The van der Waals surface area contributed by atoms with E-state index in [1.165, 1.54) is 0 Å². The van der Waals surface area contributed by atoms with E-state index in [-0.39, 0.29) is 11.3 Å². The molecule has 0 spiro atoms. The van der Waals surface area contributed by atoms with Crippen LogP contribution >= 0.6 is 0 Å². The third kappa shape index (κ3) is 4.65. The molecule has 0 saturated carbocycles. The number of ether oxygens (including phenoxy) is 2. The van der Waals surface area contributed by atoms with E-state index < -0.39 is 12.1 Å². The zero-order valence-electron chi connectivity index (χ0n) is 15.9. The Bertz CT molecular complexity index is 946. The van der Waals surface area contributed by atoms with Crippen molar-refractivity contribution in [3.8, 4) is 11.5 Å². The Morgan fingerprint density at radius 2 is 1.50 bits per heavy atom. The van der Waals surface area contributed by atoms with E-state index in [1.807, 2.05) is 30.3 Å². The number of ketones is 1. The highest BCUT2D eigenvalue weighted by atomic mass is 16.5. The molecule has 4 nitrogen and oxygen atoms in total. The second-order valence-electron chi connectivity index (χ2n) is 6.37. The molecule has 0 aliphatic heterocycles. The highest BCUT2D eigenvalue weighted by molar-refractivity contribution is 6.01. The Morgan fingerprint density at radius 1 is 0.857 bits per heavy atom. The van der Waals surface area contributed by atoms with E-state index in [0.29, 0.717) is 17.1 Å². The van der Waals surface area contributed by atoms with Crippen molar-refractivity contribution in [2.45, 2.75) is 26.4 Å². The Hall–Kier alpha value is -3.40. The molecule has 0 fully saturated rings. The zero-order valence-corrected chi connectivity index (χ0v) is 15.9. The van der Waals surface area contributed by atoms with Gasteiger partial charge in [0.1, 0.15) is 17.1 Å². The smallest absolute Gasteiger partial charge is 0.342 e. The van der Waals surface area contributed by atoms with E-state index in [4.69, 9.17) is 9.47 Å². The first-order valence-corrected chi connectivity index (χ1v) is 9.24. The van der Waals surface area contributed by atoms with Gasteiger partial charge in [0, 0.05) is 5.56 Å². The van der Waals surface area contributed by atoms with Gasteiger partial charge in [0.2, 0.25) is 5.78 Å². The van der Waals surface area contributed by atoms with Gasteiger partial charge in [-0.15, -0.1) is 0 Å². The molecule has 0 bridgehead atoms. The fourth-order valence-electron chi connectivity index (χ4n) is 2.76. The van der Waals surface area contributed by atoms with Gasteiger partial charge in [-0.05, 0) is 43.2 Å². The summed E-state index contributed by atoms with van der Waals surface area (Å²) in [6, 6.07) is 23.3. The summed E-state index contributed by atoms with van der Waals surface area (Å²) in [6.45, 7) is 3.63. The molecule has 3 aromatic carbocycles. The van der Waals surface area contributed by atoms with E-state index in [1.54, 1.807) is 55.5 Å². The number of para-hydroxylation sites is 2. The van der Waals surface area contributed by atoms with Crippen LogP contribution in [0.3, 0.4) is 0 Å². The number of aryl methyl sites for hydroxylation is 1. The van der Waals surface area contributed by atoms with E-state index in [9.17, 15) is 9.59 Å². The van der Waals surface area contributed by atoms with Gasteiger partial charge in [-0.25, -0.2) is 4.79 Å². The van der Waals surface area contributed by atoms with Crippen molar-refractivity contribution < 1.29 is 19.1 Å². The monoisotopic (exact) mass is 374 g/mol. The first-order chi connectivity index (χ1) is 13.6. The van der Waals surface area contributed by atoms with Crippen LogP contribution in [0.25, 0.3) is 0 Å². The lowest BCUT2D eigenvalue weighted by atomic mass is 10.0. The third-order valence-electron chi connectivity index (χ3n) is 4.38. The molecule has 0 radical (unpaired) electrons. The molecule has 0 heterocycles. The maximum atomic E-state index is 12.6. The number of carbonyl (C=O) groups is 2. The maximum Gasteiger partial charge on any atom is 0.342 e. The topological polar surface area (TPSA) is 52.6 Å². The van der Waals surface area contributed by atoms with Crippen molar-refractivity contribution in [3.63, 3.8) is 0 Å². The summed E-state index contributed by atoms with van der Waals surface area (Å²) in [6.07, 6.45) is 0.00164. The van der Waals surface area contributed by atoms with Crippen LogP contribution < -0.4 is 4.74 Å². The molecule has 1 unspecified atom stereocenters. The Kier molecular flexibility index (Phi) is 6.22. The first kappa shape index (κ1) is 19.4. The van der Waals surface area contributed by atoms with E-state index >= 15 is 0 Å². The first-order valence-electron chi connectivity index (χ1n) is 9.24. The van der Waals surface area contributed by atoms with Crippen molar-refractivity contribution in [2.75, 3.05) is 0 Å². The molecule has 0 amide bonds. The van der Waals surface area contributed by atoms with Gasteiger partial charge in [-0.2, -0.15) is 0 Å². The zero-order chi connectivity index (χ0) is 19.9. The van der Waals surface area contributed by atoms with Crippen molar-refractivity contribution in [1.29, 1.82) is 0 Å². The second kappa shape index (κ2) is 9.00. The Morgan fingerprint density at radius 3 is 2.18 bits per heavy atom. The average molecular weight is 374 g/mol. The van der Waals surface area contributed by atoms with Gasteiger partial charge in [-0.1, -0.05) is 61.5 Å². The largest absolute Gasteiger partial charge is 0.456 e. The van der Waals surface area contributed by atoms with Gasteiger partial charge in [0.15, 0.2) is 6.10 Å². The summed E-state index contributed by atoms with van der Waals surface area (Å²) in [5.74, 6) is 0.156. The van der Waals surface area contributed by atoms with Gasteiger partial charge in [-0.3, -0.25) is 4.79 Å². The summed E-state index contributed by atoms with van der Waals surface area (Å²) in [4.78, 5) is 25.2. The van der Waals surface area contributed by atoms with Gasteiger partial charge in [0.25, 0.3) is 0 Å². The number of Topliss-reactive ketones (excluding diaryl/α,β-unsaturated/α-hetero) is 1. The van der Waals surface area contributed by atoms with Crippen molar-refractivity contribution in [1.82, 2.24) is 0 Å². The second-order valence-corrected chi connectivity index (χ2v) is 6.37. The normalized spacial score (nSPS) is 11.5. The van der Waals surface area contributed by atoms with Gasteiger partial charge < -0.3 is 9.47 Å². The number of carbonyl (C=O) groups excluding carboxylic acids is 2. The molecule has 0 aromatic heterocycles. The van der Waals surface area contributed by atoms with Crippen LogP contribution in [0.2, 0.25) is 0 Å². The van der Waals surface area contributed by atoms with Crippen molar-refractivity contribution in [2.24, 2.45) is 0 Å². The molecule has 0 aliphatic carbocycles. The fraction of sp³-hybridized carbons (Fsp3) is 0.167. The van der Waals surface area contributed by atoms with E-state index in [0.717, 1.165) is 12.0 Å². The summed E-state index contributed by atoms with van der Waals surface area (Å²) >= 11 is 0.